The van der Waals surface area contributed by atoms with Crippen LogP contribution in [0.25, 0.3) is 0 Å². The molecule has 0 aromatic carbocycles. The maximum atomic E-state index is 11.1. The van der Waals surface area contributed by atoms with Crippen molar-refractivity contribution in [2.45, 2.75) is 32.2 Å². The lowest BCUT2D eigenvalue weighted by atomic mass is 9.96. The number of methoxy groups -OCH3 is 1. The van der Waals surface area contributed by atoms with Crippen molar-refractivity contribution < 1.29 is 19.4 Å². The average Bonchev–Trinajstić information content (AvgIpc) is 2.23. The van der Waals surface area contributed by atoms with Gasteiger partial charge in [-0.2, -0.15) is 0 Å². The molecule has 5 heteroatoms. The molecule has 0 fully saturated rings. The Hall–Kier alpha value is -0.650. The van der Waals surface area contributed by atoms with Crippen LogP contribution in [-0.4, -0.2) is 50.1 Å². The first-order valence-corrected chi connectivity index (χ1v) is 5.62. The molecule has 0 radical (unpaired) electrons. The average molecular weight is 233 g/mol. The molecule has 0 aliphatic carbocycles. The fourth-order valence-electron chi connectivity index (χ4n) is 1.41. The van der Waals surface area contributed by atoms with Crippen LogP contribution in [0.1, 0.15) is 26.7 Å². The van der Waals surface area contributed by atoms with Gasteiger partial charge in [0.2, 0.25) is 0 Å². The van der Waals surface area contributed by atoms with E-state index in [1.165, 1.54) is 0 Å². The minimum absolute atomic E-state index is 0.496. The van der Waals surface area contributed by atoms with Gasteiger partial charge in [0.25, 0.3) is 0 Å². The summed E-state index contributed by atoms with van der Waals surface area (Å²) in [5, 5.41) is 12.1. The third kappa shape index (κ3) is 6.05. The summed E-state index contributed by atoms with van der Waals surface area (Å²) in [6.07, 6.45) is 1.45. The van der Waals surface area contributed by atoms with E-state index in [0.717, 1.165) is 6.42 Å². The maximum Gasteiger partial charge on any atom is 0.323 e. The molecule has 0 bridgehead atoms. The largest absolute Gasteiger partial charge is 0.480 e. The van der Waals surface area contributed by atoms with E-state index in [-0.39, 0.29) is 0 Å². The maximum absolute atomic E-state index is 11.1. The van der Waals surface area contributed by atoms with Crippen molar-refractivity contribution in [2.75, 3.05) is 33.5 Å². The van der Waals surface area contributed by atoms with Crippen LogP contribution in [0.3, 0.4) is 0 Å². The second kappa shape index (κ2) is 8.50. The summed E-state index contributed by atoms with van der Waals surface area (Å²) < 4.78 is 10.1. The summed E-state index contributed by atoms with van der Waals surface area (Å²) in [7, 11) is 1.62. The minimum atomic E-state index is -0.848. The van der Waals surface area contributed by atoms with Crippen molar-refractivity contribution in [2.24, 2.45) is 0 Å². The lowest BCUT2D eigenvalue weighted by Gasteiger charge is -2.25. The molecule has 2 N–H and O–H groups in total. The smallest absolute Gasteiger partial charge is 0.323 e. The van der Waals surface area contributed by atoms with E-state index in [1.54, 1.807) is 14.0 Å². The molecule has 5 nitrogen and oxygen atoms in total. The summed E-state index contributed by atoms with van der Waals surface area (Å²) in [6.45, 7) is 5.80. The molecule has 0 saturated carbocycles. The lowest BCUT2D eigenvalue weighted by Crippen LogP contribution is -2.50. The number of aliphatic carboxylic acids is 1. The molecule has 0 spiro atoms. The number of ether oxygens (including phenoxy) is 2. The second-order valence-electron chi connectivity index (χ2n) is 3.92. The summed E-state index contributed by atoms with van der Waals surface area (Å²) >= 11 is 0. The number of hydrogen-bond donors (Lipinski definition) is 2. The van der Waals surface area contributed by atoms with Crippen LogP contribution < -0.4 is 5.32 Å². The Balaban J connectivity index is 3.73. The molecular weight excluding hydrogens is 210 g/mol. The molecule has 0 aromatic rings. The highest BCUT2D eigenvalue weighted by atomic mass is 16.5. The van der Waals surface area contributed by atoms with Gasteiger partial charge in [0, 0.05) is 13.7 Å². The Kier molecular flexibility index (Phi) is 8.15. The van der Waals surface area contributed by atoms with Crippen LogP contribution in [0.2, 0.25) is 0 Å². The standard InChI is InChI=1S/C11H23NO4/c1-4-5-11(2,10(13)14)12-6-7-16-9-8-15-3/h12H,4-9H2,1-3H3,(H,13,14). The Morgan fingerprint density at radius 1 is 1.38 bits per heavy atom. The predicted octanol–water partition coefficient (Wildman–Crippen LogP) is 0.882. The van der Waals surface area contributed by atoms with E-state index < -0.39 is 11.5 Å². The molecule has 0 heterocycles. The first-order valence-electron chi connectivity index (χ1n) is 5.62. The fraction of sp³-hybridized carbons (Fsp3) is 0.909. The van der Waals surface area contributed by atoms with Gasteiger partial charge in [-0.3, -0.25) is 10.1 Å². The third-order valence-electron chi connectivity index (χ3n) is 2.42. The Morgan fingerprint density at radius 3 is 2.56 bits per heavy atom. The Morgan fingerprint density at radius 2 is 2.06 bits per heavy atom. The molecule has 0 aliphatic heterocycles. The van der Waals surface area contributed by atoms with Crippen molar-refractivity contribution in [1.29, 1.82) is 0 Å². The molecule has 0 aromatic heterocycles. The summed E-state index contributed by atoms with van der Waals surface area (Å²) in [5.41, 5.74) is -0.848. The zero-order valence-electron chi connectivity index (χ0n) is 10.4. The molecule has 96 valence electrons. The Bertz CT molecular complexity index is 198. The first-order chi connectivity index (χ1) is 7.56. The molecule has 16 heavy (non-hydrogen) atoms. The molecular formula is C11H23NO4. The molecule has 0 amide bonds. The quantitative estimate of drug-likeness (QED) is 0.548. The molecule has 1 atom stereocenters. The number of nitrogens with one attached hydrogen (secondary N) is 1. The molecule has 0 saturated heterocycles. The van der Waals surface area contributed by atoms with E-state index in [0.29, 0.717) is 32.8 Å². The monoisotopic (exact) mass is 233 g/mol. The topological polar surface area (TPSA) is 67.8 Å². The second-order valence-corrected chi connectivity index (χ2v) is 3.92. The summed E-state index contributed by atoms with van der Waals surface area (Å²) in [5.74, 6) is -0.814. The van der Waals surface area contributed by atoms with Gasteiger partial charge in [0.05, 0.1) is 19.8 Å². The first kappa shape index (κ1) is 15.3. The highest BCUT2D eigenvalue weighted by molar-refractivity contribution is 5.78. The van der Waals surface area contributed by atoms with Gasteiger partial charge < -0.3 is 14.6 Å². The van der Waals surface area contributed by atoms with Gasteiger partial charge in [0.15, 0.2) is 0 Å². The van der Waals surface area contributed by atoms with Crippen molar-refractivity contribution in [3.8, 4) is 0 Å². The lowest BCUT2D eigenvalue weighted by molar-refractivity contribution is -0.144. The van der Waals surface area contributed by atoms with E-state index in [4.69, 9.17) is 14.6 Å². The highest BCUT2D eigenvalue weighted by Gasteiger charge is 2.30. The zero-order chi connectivity index (χ0) is 12.4. The van der Waals surface area contributed by atoms with Crippen LogP contribution in [-0.2, 0) is 14.3 Å². The molecule has 0 rings (SSSR count). The molecule has 1 unspecified atom stereocenters. The number of rotatable bonds is 10. The minimum Gasteiger partial charge on any atom is -0.480 e. The van der Waals surface area contributed by atoms with E-state index >= 15 is 0 Å². The van der Waals surface area contributed by atoms with Crippen LogP contribution in [0, 0.1) is 0 Å². The number of carbonyl (C=O) groups is 1. The summed E-state index contributed by atoms with van der Waals surface area (Å²) in [6, 6.07) is 0. The van der Waals surface area contributed by atoms with Crippen LogP contribution in [0.4, 0.5) is 0 Å². The van der Waals surface area contributed by atoms with Gasteiger partial charge in [-0.1, -0.05) is 13.3 Å². The van der Waals surface area contributed by atoms with E-state index in [1.807, 2.05) is 6.92 Å². The van der Waals surface area contributed by atoms with Crippen LogP contribution in [0.5, 0.6) is 0 Å². The van der Waals surface area contributed by atoms with Gasteiger partial charge in [0.1, 0.15) is 5.54 Å². The number of hydrogen-bond acceptors (Lipinski definition) is 4. The van der Waals surface area contributed by atoms with Crippen LogP contribution >= 0.6 is 0 Å². The summed E-state index contributed by atoms with van der Waals surface area (Å²) in [4.78, 5) is 11.1. The van der Waals surface area contributed by atoms with Gasteiger partial charge in [-0.25, -0.2) is 0 Å². The molecule has 0 aliphatic rings. The van der Waals surface area contributed by atoms with Gasteiger partial charge >= 0.3 is 5.97 Å². The van der Waals surface area contributed by atoms with Crippen molar-refractivity contribution in [1.82, 2.24) is 5.32 Å². The fourth-order valence-corrected chi connectivity index (χ4v) is 1.41. The van der Waals surface area contributed by atoms with Crippen molar-refractivity contribution >= 4 is 5.97 Å². The van der Waals surface area contributed by atoms with E-state index in [2.05, 4.69) is 5.32 Å². The number of carboxylic acid groups (broad SMARTS) is 1. The van der Waals surface area contributed by atoms with Crippen molar-refractivity contribution in [3.05, 3.63) is 0 Å². The Labute approximate surface area is 97.1 Å². The van der Waals surface area contributed by atoms with Gasteiger partial charge in [-0.05, 0) is 13.3 Å². The van der Waals surface area contributed by atoms with E-state index in [9.17, 15) is 4.79 Å². The normalized spacial score (nSPS) is 14.7. The van der Waals surface area contributed by atoms with Gasteiger partial charge in [-0.15, -0.1) is 0 Å². The SMILES string of the molecule is CCCC(C)(NCCOCCOC)C(=O)O. The predicted molar refractivity (Wildman–Crippen MR) is 61.6 cm³/mol. The highest BCUT2D eigenvalue weighted by Crippen LogP contribution is 2.11. The van der Waals surface area contributed by atoms with Crippen molar-refractivity contribution in [3.63, 3.8) is 0 Å². The number of carboxylic acids is 1. The third-order valence-corrected chi connectivity index (χ3v) is 2.42. The zero-order valence-corrected chi connectivity index (χ0v) is 10.4. The van der Waals surface area contributed by atoms with Crippen LogP contribution in [0.15, 0.2) is 0 Å².